The van der Waals surface area contributed by atoms with Crippen LogP contribution in [0.4, 0.5) is 5.69 Å². The van der Waals surface area contributed by atoms with Gasteiger partial charge in [0.15, 0.2) is 0 Å². The lowest BCUT2D eigenvalue weighted by molar-refractivity contribution is -0.121. The highest BCUT2D eigenvalue weighted by Crippen LogP contribution is 2.26. The van der Waals surface area contributed by atoms with Crippen molar-refractivity contribution in [1.29, 1.82) is 0 Å². The lowest BCUT2D eigenvalue weighted by atomic mass is 9.97. The first-order valence-corrected chi connectivity index (χ1v) is 12.3. The van der Waals surface area contributed by atoms with Crippen molar-refractivity contribution in [2.45, 2.75) is 19.4 Å². The van der Waals surface area contributed by atoms with E-state index in [-0.39, 0.29) is 11.8 Å². The molecular weight excluding hydrogens is 492 g/mol. The van der Waals surface area contributed by atoms with Crippen LogP contribution in [0, 0.1) is 5.92 Å². The number of hydrogen-bond acceptors (Lipinski definition) is 4. The van der Waals surface area contributed by atoms with Gasteiger partial charge in [-0.1, -0.05) is 34.1 Å². The standard InChI is InChI=1S/C27H27BrN4O2/c1-34-23-13-11-21(12-14-23)29-27(33)19-6-5-15-31(17-19)18-26-30-24-9-2-3-10-25(24)32(26)22-8-4-7-20(28)16-22/h2-4,7-14,16,19H,5-6,15,17-18H2,1H3,(H,29,33)/t19-/m0/s1. The zero-order valence-electron chi connectivity index (χ0n) is 19.1. The van der Waals surface area contributed by atoms with Crippen LogP contribution in [-0.2, 0) is 11.3 Å². The van der Waals surface area contributed by atoms with E-state index in [2.05, 4.69) is 55.0 Å². The van der Waals surface area contributed by atoms with E-state index in [1.165, 1.54) is 0 Å². The number of carbonyl (C=O) groups is 1. The van der Waals surface area contributed by atoms with Crippen LogP contribution in [0.2, 0.25) is 0 Å². The topological polar surface area (TPSA) is 59.4 Å². The van der Waals surface area contributed by atoms with Crippen molar-refractivity contribution in [3.05, 3.63) is 83.1 Å². The molecule has 6 nitrogen and oxygen atoms in total. The summed E-state index contributed by atoms with van der Waals surface area (Å²) in [5, 5.41) is 3.07. The number of para-hydroxylation sites is 2. The van der Waals surface area contributed by atoms with Gasteiger partial charge in [-0.15, -0.1) is 0 Å². The van der Waals surface area contributed by atoms with Gasteiger partial charge >= 0.3 is 0 Å². The number of hydrogen-bond donors (Lipinski definition) is 1. The number of amides is 1. The maximum atomic E-state index is 13.0. The van der Waals surface area contributed by atoms with E-state index in [9.17, 15) is 4.79 Å². The Kier molecular flexibility index (Phi) is 6.65. The van der Waals surface area contributed by atoms with Gasteiger partial charge in [0, 0.05) is 22.4 Å². The highest BCUT2D eigenvalue weighted by atomic mass is 79.9. The zero-order valence-corrected chi connectivity index (χ0v) is 20.7. The van der Waals surface area contributed by atoms with E-state index >= 15 is 0 Å². The number of imidazole rings is 1. The van der Waals surface area contributed by atoms with Gasteiger partial charge in [-0.2, -0.15) is 0 Å². The number of halogens is 1. The molecule has 0 bridgehead atoms. The van der Waals surface area contributed by atoms with Crippen LogP contribution in [0.15, 0.2) is 77.3 Å². The zero-order chi connectivity index (χ0) is 23.5. The molecule has 0 radical (unpaired) electrons. The first kappa shape index (κ1) is 22.6. The third-order valence-corrected chi connectivity index (χ3v) is 6.79. The van der Waals surface area contributed by atoms with Crippen LogP contribution in [0.1, 0.15) is 18.7 Å². The molecule has 1 amide bonds. The SMILES string of the molecule is COc1ccc(NC(=O)[C@H]2CCCN(Cc3nc4ccccc4n3-c3cccc(Br)c3)C2)cc1. The Bertz CT molecular complexity index is 1300. The Labute approximate surface area is 207 Å². The number of ether oxygens (including phenoxy) is 1. The molecule has 7 heteroatoms. The number of anilines is 1. The van der Waals surface area contributed by atoms with Gasteiger partial charge in [0.2, 0.25) is 5.91 Å². The lowest BCUT2D eigenvalue weighted by Gasteiger charge is -2.31. The second-order valence-electron chi connectivity index (χ2n) is 8.62. The van der Waals surface area contributed by atoms with Gasteiger partial charge in [0.25, 0.3) is 0 Å². The molecular formula is C27H27BrN4O2. The summed E-state index contributed by atoms with van der Waals surface area (Å²) in [6.45, 7) is 2.35. The average molecular weight is 519 g/mol. The molecule has 1 aliphatic rings. The normalized spacial score (nSPS) is 16.5. The van der Waals surface area contributed by atoms with E-state index < -0.39 is 0 Å². The van der Waals surface area contributed by atoms with Crippen LogP contribution in [-0.4, -0.2) is 40.6 Å². The second-order valence-corrected chi connectivity index (χ2v) is 9.54. The fourth-order valence-corrected chi connectivity index (χ4v) is 5.00. The lowest BCUT2D eigenvalue weighted by Crippen LogP contribution is -2.40. The van der Waals surface area contributed by atoms with Gasteiger partial charge in [-0.25, -0.2) is 4.98 Å². The predicted molar refractivity (Wildman–Crippen MR) is 138 cm³/mol. The predicted octanol–water partition coefficient (Wildman–Crippen LogP) is 5.65. The summed E-state index contributed by atoms with van der Waals surface area (Å²) in [4.78, 5) is 20.3. The molecule has 4 aromatic rings. The fraction of sp³-hybridized carbons (Fsp3) is 0.259. The fourth-order valence-electron chi connectivity index (χ4n) is 4.62. The van der Waals surface area contributed by atoms with Crippen molar-refractivity contribution in [2.24, 2.45) is 5.92 Å². The highest BCUT2D eigenvalue weighted by Gasteiger charge is 2.27. The minimum Gasteiger partial charge on any atom is -0.497 e. The van der Waals surface area contributed by atoms with Crippen molar-refractivity contribution >= 4 is 38.6 Å². The van der Waals surface area contributed by atoms with Crippen molar-refractivity contribution in [2.75, 3.05) is 25.5 Å². The van der Waals surface area contributed by atoms with Crippen LogP contribution in [0.5, 0.6) is 5.75 Å². The Balaban J connectivity index is 1.34. The average Bonchev–Trinajstić information content (AvgIpc) is 3.22. The summed E-state index contributed by atoms with van der Waals surface area (Å²) in [5.74, 6) is 1.76. The highest BCUT2D eigenvalue weighted by molar-refractivity contribution is 9.10. The van der Waals surface area contributed by atoms with Crippen LogP contribution in [0.25, 0.3) is 16.7 Å². The van der Waals surface area contributed by atoms with E-state index in [1.54, 1.807) is 7.11 Å². The van der Waals surface area contributed by atoms with Crippen molar-refractivity contribution < 1.29 is 9.53 Å². The molecule has 1 aliphatic heterocycles. The molecule has 34 heavy (non-hydrogen) atoms. The minimum absolute atomic E-state index is 0.0560. The van der Waals surface area contributed by atoms with Crippen molar-refractivity contribution in [3.63, 3.8) is 0 Å². The number of nitrogens with one attached hydrogen (secondary N) is 1. The number of fused-ring (bicyclic) bond motifs is 1. The maximum absolute atomic E-state index is 13.0. The Morgan fingerprint density at radius 1 is 1.12 bits per heavy atom. The second kappa shape index (κ2) is 9.99. The first-order valence-electron chi connectivity index (χ1n) is 11.5. The number of aromatic nitrogens is 2. The molecule has 0 unspecified atom stereocenters. The number of piperidine rings is 1. The van der Waals surface area contributed by atoms with Gasteiger partial charge in [-0.3, -0.25) is 14.3 Å². The third kappa shape index (κ3) is 4.86. The molecule has 1 saturated heterocycles. The summed E-state index contributed by atoms with van der Waals surface area (Å²) >= 11 is 3.60. The van der Waals surface area contributed by atoms with Crippen LogP contribution < -0.4 is 10.1 Å². The number of nitrogens with zero attached hydrogens (tertiary/aromatic N) is 3. The maximum Gasteiger partial charge on any atom is 0.228 e. The summed E-state index contributed by atoms with van der Waals surface area (Å²) in [7, 11) is 1.63. The summed E-state index contributed by atoms with van der Waals surface area (Å²) in [5.41, 5.74) is 3.92. The monoisotopic (exact) mass is 518 g/mol. The molecule has 1 atom stereocenters. The number of rotatable bonds is 6. The number of methoxy groups -OCH3 is 1. The van der Waals surface area contributed by atoms with E-state index in [0.717, 1.165) is 57.8 Å². The summed E-state index contributed by atoms with van der Waals surface area (Å²) < 4.78 is 8.45. The van der Waals surface area contributed by atoms with Gasteiger partial charge in [-0.05, 0) is 74.0 Å². The van der Waals surface area contributed by atoms with Gasteiger partial charge < -0.3 is 10.1 Å². The number of likely N-dealkylation sites (tertiary alicyclic amines) is 1. The molecule has 0 saturated carbocycles. The van der Waals surface area contributed by atoms with Gasteiger partial charge in [0.1, 0.15) is 11.6 Å². The molecule has 5 rings (SSSR count). The summed E-state index contributed by atoms with van der Waals surface area (Å²) in [6.07, 6.45) is 1.87. The quantitative estimate of drug-likeness (QED) is 0.358. The number of carbonyl (C=O) groups excluding carboxylic acids is 1. The van der Waals surface area contributed by atoms with E-state index in [0.29, 0.717) is 13.1 Å². The molecule has 1 N–H and O–H groups in total. The van der Waals surface area contributed by atoms with Crippen LogP contribution in [0.3, 0.4) is 0 Å². The molecule has 0 spiro atoms. The van der Waals surface area contributed by atoms with Gasteiger partial charge in [0.05, 0.1) is 30.6 Å². The first-order chi connectivity index (χ1) is 16.6. The van der Waals surface area contributed by atoms with E-state index in [1.807, 2.05) is 48.5 Å². The molecule has 3 aromatic carbocycles. The third-order valence-electron chi connectivity index (χ3n) is 6.30. The summed E-state index contributed by atoms with van der Waals surface area (Å²) in [6, 6.07) is 24.0. The largest absolute Gasteiger partial charge is 0.497 e. The van der Waals surface area contributed by atoms with Crippen molar-refractivity contribution in [1.82, 2.24) is 14.5 Å². The van der Waals surface area contributed by atoms with Crippen LogP contribution >= 0.6 is 15.9 Å². The Morgan fingerprint density at radius 2 is 1.94 bits per heavy atom. The minimum atomic E-state index is -0.0560. The molecule has 0 aliphatic carbocycles. The molecule has 1 fully saturated rings. The Morgan fingerprint density at radius 3 is 2.74 bits per heavy atom. The number of benzene rings is 3. The smallest absolute Gasteiger partial charge is 0.228 e. The molecule has 174 valence electrons. The molecule has 1 aromatic heterocycles. The Hall–Kier alpha value is -3.16. The van der Waals surface area contributed by atoms with E-state index in [4.69, 9.17) is 9.72 Å². The van der Waals surface area contributed by atoms with Crippen molar-refractivity contribution in [3.8, 4) is 11.4 Å². The molecule has 2 heterocycles.